The third-order valence-electron chi connectivity index (χ3n) is 4.23. The molecule has 1 N–H and O–H groups in total. The van der Waals surface area contributed by atoms with Crippen molar-refractivity contribution in [3.8, 4) is 28.3 Å². The van der Waals surface area contributed by atoms with E-state index in [2.05, 4.69) is 34.5 Å². The minimum absolute atomic E-state index is 0.706. The van der Waals surface area contributed by atoms with Crippen LogP contribution in [0.1, 0.15) is 18.9 Å². The van der Waals surface area contributed by atoms with Crippen LogP contribution in [0.25, 0.3) is 22.6 Å². The number of nitrogens with zero attached hydrogens (tertiary/aromatic N) is 2. The minimum atomic E-state index is 0.706. The average molecular weight is 347 g/mol. The Balaban J connectivity index is 1.54. The lowest BCUT2D eigenvalue weighted by molar-refractivity contribution is 0.317. The number of benzene rings is 2. The van der Waals surface area contributed by atoms with Crippen molar-refractivity contribution in [3.05, 3.63) is 60.2 Å². The molecule has 0 atom stereocenters. The highest BCUT2D eigenvalue weighted by molar-refractivity contribution is 6.00. The first kappa shape index (κ1) is 16.4. The zero-order chi connectivity index (χ0) is 17.8. The van der Waals surface area contributed by atoms with E-state index in [0.29, 0.717) is 6.61 Å². The van der Waals surface area contributed by atoms with Gasteiger partial charge in [-0.15, -0.1) is 0 Å². The number of aliphatic imine (C=N–C) groups is 1. The second-order valence-electron chi connectivity index (χ2n) is 6.19. The van der Waals surface area contributed by atoms with Gasteiger partial charge in [0.25, 0.3) is 0 Å². The Bertz CT molecular complexity index is 913. The van der Waals surface area contributed by atoms with Gasteiger partial charge in [0, 0.05) is 29.3 Å². The standard InChI is InChI=1S/C21H21N3O2/c1-2-12-25-18-5-3-4-17(13-18)20-14-19(24-26-20)15-6-8-16(9-7-15)21-22-10-11-23-21/h3-9,13-14H,2,10-12H2,1H3,(H,22,23). The fraction of sp³-hybridized carbons (Fsp3) is 0.238. The molecule has 132 valence electrons. The maximum Gasteiger partial charge on any atom is 0.167 e. The van der Waals surface area contributed by atoms with Crippen molar-refractivity contribution in [3.63, 3.8) is 0 Å². The van der Waals surface area contributed by atoms with Crippen LogP contribution in [-0.4, -0.2) is 30.7 Å². The van der Waals surface area contributed by atoms with Crippen molar-refractivity contribution in [2.24, 2.45) is 4.99 Å². The Morgan fingerprint density at radius 1 is 1.04 bits per heavy atom. The second-order valence-corrected chi connectivity index (χ2v) is 6.19. The molecule has 0 fully saturated rings. The van der Waals surface area contributed by atoms with Gasteiger partial charge in [-0.25, -0.2) is 0 Å². The predicted molar refractivity (Wildman–Crippen MR) is 103 cm³/mol. The normalized spacial score (nSPS) is 13.3. The summed E-state index contributed by atoms with van der Waals surface area (Å²) in [7, 11) is 0. The van der Waals surface area contributed by atoms with Gasteiger partial charge in [0.05, 0.1) is 13.2 Å². The van der Waals surface area contributed by atoms with Crippen molar-refractivity contribution >= 4 is 5.84 Å². The predicted octanol–water partition coefficient (Wildman–Crippen LogP) is 4.15. The molecule has 1 aromatic heterocycles. The maximum atomic E-state index is 5.69. The van der Waals surface area contributed by atoms with E-state index in [1.807, 2.05) is 42.5 Å². The smallest absolute Gasteiger partial charge is 0.167 e. The molecule has 3 aromatic rings. The SMILES string of the molecule is CCCOc1cccc(-c2cc(-c3ccc(C4=NCCN4)cc3)no2)c1. The molecule has 2 heterocycles. The zero-order valence-electron chi connectivity index (χ0n) is 14.7. The van der Waals surface area contributed by atoms with Gasteiger partial charge in [-0.3, -0.25) is 4.99 Å². The van der Waals surface area contributed by atoms with Crippen LogP contribution in [0.2, 0.25) is 0 Å². The number of hydrogen-bond donors (Lipinski definition) is 1. The second kappa shape index (κ2) is 7.44. The third-order valence-corrected chi connectivity index (χ3v) is 4.23. The summed E-state index contributed by atoms with van der Waals surface area (Å²) in [4.78, 5) is 4.44. The summed E-state index contributed by atoms with van der Waals surface area (Å²) >= 11 is 0. The van der Waals surface area contributed by atoms with E-state index >= 15 is 0 Å². The average Bonchev–Trinajstić information content (AvgIpc) is 3.39. The molecule has 0 amide bonds. The molecule has 4 rings (SSSR count). The van der Waals surface area contributed by atoms with Crippen molar-refractivity contribution in [1.29, 1.82) is 0 Å². The van der Waals surface area contributed by atoms with Crippen LogP contribution >= 0.6 is 0 Å². The summed E-state index contributed by atoms with van der Waals surface area (Å²) in [6.07, 6.45) is 0.981. The van der Waals surface area contributed by atoms with E-state index in [0.717, 1.165) is 59.2 Å². The van der Waals surface area contributed by atoms with E-state index < -0.39 is 0 Å². The lowest BCUT2D eigenvalue weighted by Gasteiger charge is -2.05. The summed E-state index contributed by atoms with van der Waals surface area (Å²) < 4.78 is 11.2. The molecule has 5 nitrogen and oxygen atoms in total. The Morgan fingerprint density at radius 2 is 1.88 bits per heavy atom. The molecule has 0 saturated carbocycles. The molecule has 0 radical (unpaired) electrons. The number of ether oxygens (including phenoxy) is 1. The molecule has 0 saturated heterocycles. The zero-order valence-corrected chi connectivity index (χ0v) is 14.7. The Morgan fingerprint density at radius 3 is 2.65 bits per heavy atom. The Hall–Kier alpha value is -3.08. The van der Waals surface area contributed by atoms with E-state index in [1.165, 1.54) is 0 Å². The first-order valence-electron chi connectivity index (χ1n) is 8.92. The van der Waals surface area contributed by atoms with Crippen molar-refractivity contribution in [2.75, 3.05) is 19.7 Å². The molecule has 5 heteroatoms. The van der Waals surface area contributed by atoms with Crippen LogP contribution in [0.5, 0.6) is 5.75 Å². The van der Waals surface area contributed by atoms with Gasteiger partial charge in [0.1, 0.15) is 17.3 Å². The van der Waals surface area contributed by atoms with E-state index in [-0.39, 0.29) is 0 Å². The molecule has 0 unspecified atom stereocenters. The lowest BCUT2D eigenvalue weighted by Crippen LogP contribution is -2.19. The largest absolute Gasteiger partial charge is 0.494 e. The van der Waals surface area contributed by atoms with Crippen LogP contribution in [0, 0.1) is 0 Å². The lowest BCUT2D eigenvalue weighted by atomic mass is 10.1. The molecule has 0 spiro atoms. The number of rotatable bonds is 6. The maximum absolute atomic E-state index is 5.69. The topological polar surface area (TPSA) is 59.6 Å². The molecule has 1 aliphatic rings. The van der Waals surface area contributed by atoms with E-state index in [4.69, 9.17) is 9.26 Å². The minimum Gasteiger partial charge on any atom is -0.494 e. The molecule has 2 aromatic carbocycles. The molecule has 0 aliphatic carbocycles. The van der Waals surface area contributed by atoms with Crippen LogP contribution in [0.4, 0.5) is 0 Å². The van der Waals surface area contributed by atoms with Gasteiger partial charge < -0.3 is 14.6 Å². The van der Waals surface area contributed by atoms with Gasteiger partial charge in [-0.1, -0.05) is 48.5 Å². The highest BCUT2D eigenvalue weighted by Gasteiger charge is 2.11. The number of nitrogens with one attached hydrogen (secondary N) is 1. The summed E-state index contributed by atoms with van der Waals surface area (Å²) in [6, 6.07) is 18.0. The molecule has 1 aliphatic heterocycles. The fourth-order valence-corrected chi connectivity index (χ4v) is 2.90. The van der Waals surface area contributed by atoms with Gasteiger partial charge in [-0.05, 0) is 18.6 Å². The Labute approximate surface area is 152 Å². The monoisotopic (exact) mass is 347 g/mol. The van der Waals surface area contributed by atoms with Crippen LogP contribution < -0.4 is 10.1 Å². The van der Waals surface area contributed by atoms with Crippen molar-refractivity contribution in [2.45, 2.75) is 13.3 Å². The molecule has 26 heavy (non-hydrogen) atoms. The highest BCUT2D eigenvalue weighted by Crippen LogP contribution is 2.28. The van der Waals surface area contributed by atoms with Crippen molar-refractivity contribution < 1.29 is 9.26 Å². The van der Waals surface area contributed by atoms with E-state index in [9.17, 15) is 0 Å². The first-order valence-corrected chi connectivity index (χ1v) is 8.92. The summed E-state index contributed by atoms with van der Waals surface area (Å²) in [6.45, 7) is 4.54. The molecule has 0 bridgehead atoms. The van der Waals surface area contributed by atoms with Crippen LogP contribution in [0.3, 0.4) is 0 Å². The molecular formula is C21H21N3O2. The highest BCUT2D eigenvalue weighted by atomic mass is 16.5. The van der Waals surface area contributed by atoms with Gasteiger partial charge >= 0.3 is 0 Å². The quantitative estimate of drug-likeness (QED) is 0.728. The van der Waals surface area contributed by atoms with Crippen LogP contribution in [-0.2, 0) is 0 Å². The number of amidine groups is 1. The summed E-state index contributed by atoms with van der Waals surface area (Å²) in [5.74, 6) is 2.53. The number of aromatic nitrogens is 1. The number of hydrogen-bond acceptors (Lipinski definition) is 5. The first-order chi connectivity index (χ1) is 12.8. The van der Waals surface area contributed by atoms with Crippen LogP contribution in [0.15, 0.2) is 64.1 Å². The Kier molecular flexibility index (Phi) is 4.69. The third kappa shape index (κ3) is 3.47. The van der Waals surface area contributed by atoms with Gasteiger partial charge in [0.15, 0.2) is 5.76 Å². The van der Waals surface area contributed by atoms with Gasteiger partial charge in [0.2, 0.25) is 0 Å². The molecular weight excluding hydrogens is 326 g/mol. The summed E-state index contributed by atoms with van der Waals surface area (Å²) in [5, 5.41) is 7.50. The van der Waals surface area contributed by atoms with Gasteiger partial charge in [-0.2, -0.15) is 0 Å². The van der Waals surface area contributed by atoms with E-state index in [1.54, 1.807) is 0 Å². The van der Waals surface area contributed by atoms with Crippen molar-refractivity contribution in [1.82, 2.24) is 10.5 Å². The summed E-state index contributed by atoms with van der Waals surface area (Å²) in [5.41, 5.74) is 3.88. The fourth-order valence-electron chi connectivity index (χ4n) is 2.90.